The van der Waals surface area contributed by atoms with Crippen molar-refractivity contribution in [3.8, 4) is 5.75 Å². The van der Waals surface area contributed by atoms with Crippen molar-refractivity contribution in [2.24, 2.45) is 0 Å². The lowest BCUT2D eigenvalue weighted by molar-refractivity contribution is 0.189. The van der Waals surface area contributed by atoms with E-state index in [1.54, 1.807) is 0 Å². The van der Waals surface area contributed by atoms with E-state index in [0.29, 0.717) is 11.8 Å². The molecule has 0 aliphatic carbocycles. The van der Waals surface area contributed by atoms with Gasteiger partial charge >= 0.3 is 0 Å². The summed E-state index contributed by atoms with van der Waals surface area (Å²) in [6, 6.07) is 6.28. The molecule has 3 rings (SSSR count). The summed E-state index contributed by atoms with van der Waals surface area (Å²) >= 11 is 0. The minimum absolute atomic E-state index is 0.449. The molecule has 1 aliphatic rings. The average molecular weight is 329 g/mol. The molecule has 24 heavy (non-hydrogen) atoms. The Hall–Kier alpha value is -1.88. The number of ether oxygens (including phenoxy) is 1. The van der Waals surface area contributed by atoms with Gasteiger partial charge < -0.3 is 14.2 Å². The number of likely N-dealkylation sites (tertiary alicyclic amines) is 1. The van der Waals surface area contributed by atoms with Crippen molar-refractivity contribution < 1.29 is 9.26 Å². The van der Waals surface area contributed by atoms with E-state index in [9.17, 15) is 0 Å². The van der Waals surface area contributed by atoms with Crippen LogP contribution < -0.4 is 4.74 Å². The van der Waals surface area contributed by atoms with Crippen LogP contribution in [0.15, 0.2) is 22.7 Å². The van der Waals surface area contributed by atoms with Gasteiger partial charge in [-0.25, -0.2) is 0 Å². The fraction of sp³-hybridized carbons (Fsp3) is 0.579. The predicted molar refractivity (Wildman–Crippen MR) is 93.5 cm³/mol. The normalized spacial score (nSPS) is 16.5. The maximum Gasteiger partial charge on any atom is 0.223 e. The smallest absolute Gasteiger partial charge is 0.223 e. The SMILES string of the molecule is Cc1nc(C2CCN(CCCOc3c(C)cccc3C)CC2)no1. The molecule has 1 aromatic carbocycles. The summed E-state index contributed by atoms with van der Waals surface area (Å²) in [6.45, 7) is 10.1. The number of hydrogen-bond donors (Lipinski definition) is 0. The van der Waals surface area contributed by atoms with Crippen LogP contribution in [0.1, 0.15) is 48.0 Å². The summed E-state index contributed by atoms with van der Waals surface area (Å²) in [4.78, 5) is 6.88. The number of piperidine rings is 1. The summed E-state index contributed by atoms with van der Waals surface area (Å²) in [6.07, 6.45) is 3.27. The summed E-state index contributed by atoms with van der Waals surface area (Å²) < 4.78 is 11.1. The minimum Gasteiger partial charge on any atom is -0.493 e. The van der Waals surface area contributed by atoms with Gasteiger partial charge in [-0.3, -0.25) is 0 Å². The van der Waals surface area contributed by atoms with Crippen molar-refractivity contribution in [3.05, 3.63) is 41.0 Å². The van der Waals surface area contributed by atoms with E-state index in [0.717, 1.165) is 57.1 Å². The molecule has 0 saturated carbocycles. The van der Waals surface area contributed by atoms with E-state index < -0.39 is 0 Å². The summed E-state index contributed by atoms with van der Waals surface area (Å²) in [5.41, 5.74) is 2.43. The van der Waals surface area contributed by atoms with Crippen molar-refractivity contribution >= 4 is 0 Å². The first kappa shape index (κ1) is 17.0. The van der Waals surface area contributed by atoms with Crippen LogP contribution in [0.25, 0.3) is 0 Å². The topological polar surface area (TPSA) is 51.4 Å². The van der Waals surface area contributed by atoms with Crippen LogP contribution in [0.5, 0.6) is 5.75 Å². The number of aromatic nitrogens is 2. The molecule has 5 heteroatoms. The summed E-state index contributed by atoms with van der Waals surface area (Å²) in [7, 11) is 0. The quantitative estimate of drug-likeness (QED) is 0.757. The Morgan fingerprint density at radius 1 is 1.17 bits per heavy atom. The van der Waals surface area contributed by atoms with Gasteiger partial charge in [-0.15, -0.1) is 0 Å². The van der Waals surface area contributed by atoms with Crippen molar-refractivity contribution in [2.75, 3.05) is 26.2 Å². The second kappa shape index (κ2) is 7.79. The molecule has 0 atom stereocenters. The van der Waals surface area contributed by atoms with Crippen molar-refractivity contribution in [1.82, 2.24) is 15.0 Å². The molecule has 1 fully saturated rings. The molecule has 1 aromatic heterocycles. The van der Waals surface area contributed by atoms with Crippen LogP contribution in [-0.4, -0.2) is 41.3 Å². The Morgan fingerprint density at radius 2 is 1.88 bits per heavy atom. The third-order valence-corrected chi connectivity index (χ3v) is 4.77. The van der Waals surface area contributed by atoms with Crippen molar-refractivity contribution in [2.45, 2.75) is 46.0 Å². The minimum atomic E-state index is 0.449. The van der Waals surface area contributed by atoms with Crippen LogP contribution >= 0.6 is 0 Å². The Morgan fingerprint density at radius 3 is 2.50 bits per heavy atom. The molecule has 0 spiro atoms. The molecule has 5 nitrogen and oxygen atoms in total. The lowest BCUT2D eigenvalue weighted by atomic mass is 9.96. The van der Waals surface area contributed by atoms with Crippen LogP contribution in [0, 0.1) is 20.8 Å². The monoisotopic (exact) mass is 329 g/mol. The molecular formula is C19H27N3O2. The molecule has 0 radical (unpaired) electrons. The van der Waals surface area contributed by atoms with Gasteiger partial charge in [-0.2, -0.15) is 4.98 Å². The fourth-order valence-electron chi connectivity index (χ4n) is 3.38. The highest BCUT2D eigenvalue weighted by molar-refractivity contribution is 5.39. The molecular weight excluding hydrogens is 302 g/mol. The second-order valence-corrected chi connectivity index (χ2v) is 6.71. The van der Waals surface area contributed by atoms with Crippen LogP contribution in [0.4, 0.5) is 0 Å². The molecule has 0 N–H and O–H groups in total. The van der Waals surface area contributed by atoms with E-state index in [4.69, 9.17) is 9.26 Å². The zero-order valence-corrected chi connectivity index (χ0v) is 14.9. The van der Waals surface area contributed by atoms with E-state index in [2.05, 4.69) is 47.1 Å². The second-order valence-electron chi connectivity index (χ2n) is 6.71. The van der Waals surface area contributed by atoms with Gasteiger partial charge in [0.15, 0.2) is 5.82 Å². The van der Waals surface area contributed by atoms with Gasteiger partial charge in [0.25, 0.3) is 0 Å². The standard InChI is InChI=1S/C19H27N3O2/c1-14-6-4-7-15(2)18(14)23-13-5-10-22-11-8-17(9-12-22)19-20-16(3)24-21-19/h4,6-7,17H,5,8-13H2,1-3H3. The number of rotatable bonds is 6. The number of hydrogen-bond acceptors (Lipinski definition) is 5. The fourth-order valence-corrected chi connectivity index (χ4v) is 3.38. The summed E-state index contributed by atoms with van der Waals surface area (Å²) in [5.74, 6) is 3.04. The van der Waals surface area contributed by atoms with Gasteiger partial charge in [0.05, 0.1) is 6.61 Å². The zero-order valence-electron chi connectivity index (χ0n) is 14.9. The highest BCUT2D eigenvalue weighted by atomic mass is 16.5. The Balaban J connectivity index is 1.38. The van der Waals surface area contributed by atoms with E-state index in [1.807, 2.05) is 6.92 Å². The Labute approximate surface area is 144 Å². The van der Waals surface area contributed by atoms with Crippen LogP contribution in [-0.2, 0) is 0 Å². The first-order valence-corrected chi connectivity index (χ1v) is 8.85. The maximum atomic E-state index is 5.99. The molecule has 2 aromatic rings. The Kier molecular flexibility index (Phi) is 5.51. The number of nitrogens with zero attached hydrogens (tertiary/aromatic N) is 3. The van der Waals surface area contributed by atoms with Crippen molar-refractivity contribution in [3.63, 3.8) is 0 Å². The van der Waals surface area contributed by atoms with Crippen LogP contribution in [0.2, 0.25) is 0 Å². The molecule has 0 amide bonds. The van der Waals surface area contributed by atoms with Gasteiger partial charge in [0, 0.05) is 19.4 Å². The van der Waals surface area contributed by atoms with E-state index >= 15 is 0 Å². The van der Waals surface area contributed by atoms with Gasteiger partial charge in [0.2, 0.25) is 5.89 Å². The third kappa shape index (κ3) is 4.15. The van der Waals surface area contributed by atoms with Gasteiger partial charge in [-0.1, -0.05) is 23.4 Å². The summed E-state index contributed by atoms with van der Waals surface area (Å²) in [5, 5.41) is 4.07. The predicted octanol–water partition coefficient (Wildman–Crippen LogP) is 3.64. The third-order valence-electron chi connectivity index (χ3n) is 4.77. The number of aryl methyl sites for hydroxylation is 3. The largest absolute Gasteiger partial charge is 0.493 e. The zero-order chi connectivity index (χ0) is 16.9. The molecule has 1 saturated heterocycles. The maximum absolute atomic E-state index is 5.99. The van der Waals surface area contributed by atoms with E-state index in [1.165, 1.54) is 11.1 Å². The van der Waals surface area contributed by atoms with Crippen molar-refractivity contribution in [1.29, 1.82) is 0 Å². The average Bonchev–Trinajstić information content (AvgIpc) is 3.01. The molecule has 1 aliphatic heterocycles. The molecule has 2 heterocycles. The molecule has 130 valence electrons. The Bertz CT molecular complexity index is 640. The lowest BCUT2D eigenvalue weighted by Gasteiger charge is -2.30. The highest BCUT2D eigenvalue weighted by Gasteiger charge is 2.23. The molecule has 0 unspecified atom stereocenters. The van der Waals surface area contributed by atoms with Gasteiger partial charge in [0.1, 0.15) is 5.75 Å². The van der Waals surface area contributed by atoms with Crippen LogP contribution in [0.3, 0.4) is 0 Å². The lowest BCUT2D eigenvalue weighted by Crippen LogP contribution is -2.34. The molecule has 0 bridgehead atoms. The van der Waals surface area contributed by atoms with Gasteiger partial charge in [-0.05, 0) is 57.3 Å². The number of para-hydroxylation sites is 1. The highest BCUT2D eigenvalue weighted by Crippen LogP contribution is 2.26. The number of benzene rings is 1. The van der Waals surface area contributed by atoms with E-state index in [-0.39, 0.29) is 0 Å². The first-order valence-electron chi connectivity index (χ1n) is 8.85. The first-order chi connectivity index (χ1) is 11.6.